The van der Waals surface area contributed by atoms with E-state index in [9.17, 15) is 8.42 Å². The highest BCUT2D eigenvalue weighted by atomic mass is 32.2. The van der Waals surface area contributed by atoms with Crippen molar-refractivity contribution >= 4 is 10.0 Å². The lowest BCUT2D eigenvalue weighted by Gasteiger charge is -2.27. The van der Waals surface area contributed by atoms with Gasteiger partial charge in [0.2, 0.25) is 0 Å². The number of sulfonamides is 1. The zero-order valence-corrected chi connectivity index (χ0v) is 12.4. The van der Waals surface area contributed by atoms with Crippen LogP contribution in [-0.2, 0) is 30.0 Å². The van der Waals surface area contributed by atoms with E-state index in [1.165, 1.54) is 16.1 Å². The number of hydrogen-bond acceptors (Lipinski definition) is 3. The quantitative estimate of drug-likeness (QED) is 0.842. The second-order valence-corrected chi connectivity index (χ2v) is 6.94. The summed E-state index contributed by atoms with van der Waals surface area (Å²) in [5, 5.41) is 0.259. The smallest absolute Gasteiger partial charge is 0.260 e. The molecule has 0 spiro atoms. The summed E-state index contributed by atoms with van der Waals surface area (Å²) in [6.07, 6.45) is 2.19. The third kappa shape index (κ3) is 2.05. The Kier molecular flexibility index (Phi) is 3.14. The second kappa shape index (κ2) is 4.71. The van der Waals surface area contributed by atoms with E-state index >= 15 is 0 Å². The molecule has 2 aromatic rings. The van der Waals surface area contributed by atoms with Crippen LogP contribution in [0.1, 0.15) is 17.0 Å². The van der Waals surface area contributed by atoms with Gasteiger partial charge < -0.3 is 4.57 Å². The van der Waals surface area contributed by atoms with Crippen molar-refractivity contribution in [3.63, 3.8) is 0 Å². The standard InChI is InChI=1S/C14H17N3O2S/c1-11-15-9-14(16(11)2)20(18,19)17-8-7-12-5-3-4-6-13(12)10-17/h3-6,9H,7-8,10H2,1-2H3. The van der Waals surface area contributed by atoms with Crippen LogP contribution in [0, 0.1) is 6.92 Å². The molecule has 0 saturated carbocycles. The first kappa shape index (κ1) is 13.3. The molecule has 6 heteroatoms. The maximum atomic E-state index is 12.7. The summed E-state index contributed by atoms with van der Waals surface area (Å²) < 4.78 is 28.5. The largest absolute Gasteiger partial charge is 0.321 e. The van der Waals surface area contributed by atoms with Crippen molar-refractivity contribution in [2.24, 2.45) is 7.05 Å². The van der Waals surface area contributed by atoms with Gasteiger partial charge in [-0.05, 0) is 24.5 Å². The monoisotopic (exact) mass is 291 g/mol. The zero-order valence-electron chi connectivity index (χ0n) is 11.6. The fourth-order valence-corrected chi connectivity index (χ4v) is 4.10. The third-order valence-corrected chi connectivity index (χ3v) is 5.78. The van der Waals surface area contributed by atoms with Crippen LogP contribution < -0.4 is 0 Å². The average molecular weight is 291 g/mol. The molecule has 106 valence electrons. The van der Waals surface area contributed by atoms with Gasteiger partial charge in [0.15, 0.2) is 5.03 Å². The Labute approximate surface area is 118 Å². The number of fused-ring (bicyclic) bond motifs is 1. The van der Waals surface area contributed by atoms with Gasteiger partial charge in [0, 0.05) is 20.1 Å². The van der Waals surface area contributed by atoms with Crippen molar-refractivity contribution < 1.29 is 8.42 Å². The molecule has 0 atom stereocenters. The van der Waals surface area contributed by atoms with Gasteiger partial charge in [-0.3, -0.25) is 0 Å². The molecule has 0 amide bonds. The number of imidazole rings is 1. The van der Waals surface area contributed by atoms with Crippen LogP contribution in [0.2, 0.25) is 0 Å². The molecular formula is C14H17N3O2S. The molecule has 1 aliphatic rings. The fourth-order valence-electron chi connectivity index (χ4n) is 2.53. The van der Waals surface area contributed by atoms with Crippen LogP contribution in [0.3, 0.4) is 0 Å². The SMILES string of the molecule is Cc1ncc(S(=O)(=O)N2CCc3ccccc3C2)n1C. The van der Waals surface area contributed by atoms with Crippen LogP contribution in [0.15, 0.2) is 35.5 Å². The van der Waals surface area contributed by atoms with Crippen LogP contribution in [0.5, 0.6) is 0 Å². The van der Waals surface area contributed by atoms with E-state index in [0.717, 1.165) is 12.0 Å². The Morgan fingerprint density at radius 1 is 1.20 bits per heavy atom. The van der Waals surface area contributed by atoms with Crippen molar-refractivity contribution in [2.75, 3.05) is 6.54 Å². The molecule has 0 aliphatic carbocycles. The molecule has 0 N–H and O–H groups in total. The minimum Gasteiger partial charge on any atom is -0.321 e. The Morgan fingerprint density at radius 3 is 2.55 bits per heavy atom. The number of rotatable bonds is 2. The van der Waals surface area contributed by atoms with Crippen molar-refractivity contribution in [3.05, 3.63) is 47.4 Å². The second-order valence-electron chi connectivity index (χ2n) is 5.06. The lowest BCUT2D eigenvalue weighted by molar-refractivity contribution is 0.387. The first-order valence-corrected chi connectivity index (χ1v) is 7.99. The van der Waals surface area contributed by atoms with Gasteiger partial charge in [-0.25, -0.2) is 13.4 Å². The number of aryl methyl sites for hydroxylation is 1. The maximum Gasteiger partial charge on any atom is 0.260 e. The van der Waals surface area contributed by atoms with Crippen LogP contribution in [0.25, 0.3) is 0 Å². The van der Waals surface area contributed by atoms with Crippen LogP contribution >= 0.6 is 0 Å². The van der Waals surface area contributed by atoms with Crippen molar-refractivity contribution in [1.82, 2.24) is 13.9 Å². The van der Waals surface area contributed by atoms with E-state index in [0.29, 0.717) is 18.9 Å². The Hall–Kier alpha value is -1.66. The minimum atomic E-state index is -3.48. The lowest BCUT2D eigenvalue weighted by atomic mass is 10.0. The molecule has 0 saturated heterocycles. The van der Waals surface area contributed by atoms with Crippen LogP contribution in [-0.4, -0.2) is 28.8 Å². The van der Waals surface area contributed by atoms with Gasteiger partial charge in [-0.2, -0.15) is 4.31 Å². The highest BCUT2D eigenvalue weighted by molar-refractivity contribution is 7.89. The number of hydrogen-bond donors (Lipinski definition) is 0. The molecule has 1 aliphatic heterocycles. The minimum absolute atomic E-state index is 0.259. The summed E-state index contributed by atoms with van der Waals surface area (Å²) in [5.74, 6) is 0.695. The Bertz CT molecular complexity index is 750. The topological polar surface area (TPSA) is 55.2 Å². The average Bonchev–Trinajstić information content (AvgIpc) is 2.79. The first-order chi connectivity index (χ1) is 9.50. The lowest BCUT2D eigenvalue weighted by Crippen LogP contribution is -2.36. The van der Waals surface area contributed by atoms with Crippen molar-refractivity contribution in [2.45, 2.75) is 24.9 Å². The fraction of sp³-hybridized carbons (Fsp3) is 0.357. The maximum absolute atomic E-state index is 12.7. The predicted octanol–water partition coefficient (Wildman–Crippen LogP) is 1.48. The molecule has 20 heavy (non-hydrogen) atoms. The molecule has 3 rings (SSSR count). The Morgan fingerprint density at radius 2 is 1.90 bits per heavy atom. The highest BCUT2D eigenvalue weighted by Gasteiger charge is 2.30. The predicted molar refractivity (Wildman–Crippen MR) is 75.7 cm³/mol. The normalized spacial score (nSPS) is 16.1. The summed E-state index contributed by atoms with van der Waals surface area (Å²) in [4.78, 5) is 4.08. The zero-order chi connectivity index (χ0) is 14.3. The summed E-state index contributed by atoms with van der Waals surface area (Å²) in [7, 11) is -1.75. The van der Waals surface area contributed by atoms with Gasteiger partial charge >= 0.3 is 0 Å². The molecular weight excluding hydrogens is 274 g/mol. The van der Waals surface area contributed by atoms with E-state index in [1.807, 2.05) is 18.2 Å². The molecule has 0 bridgehead atoms. The van der Waals surface area contributed by atoms with E-state index in [4.69, 9.17) is 0 Å². The first-order valence-electron chi connectivity index (χ1n) is 6.55. The summed E-state index contributed by atoms with van der Waals surface area (Å²) in [6, 6.07) is 8.00. The van der Waals surface area contributed by atoms with Crippen molar-refractivity contribution in [3.8, 4) is 0 Å². The van der Waals surface area contributed by atoms with Gasteiger partial charge in [0.25, 0.3) is 10.0 Å². The van der Waals surface area contributed by atoms with Gasteiger partial charge in [-0.1, -0.05) is 24.3 Å². The molecule has 0 unspecified atom stereocenters. The summed E-state index contributed by atoms with van der Waals surface area (Å²) in [5.41, 5.74) is 2.32. The van der Waals surface area contributed by atoms with Crippen LogP contribution in [0.4, 0.5) is 0 Å². The Balaban J connectivity index is 1.96. The van der Waals surface area contributed by atoms with Gasteiger partial charge in [0.1, 0.15) is 5.82 Å². The highest BCUT2D eigenvalue weighted by Crippen LogP contribution is 2.24. The molecule has 1 aromatic heterocycles. The number of benzene rings is 1. The van der Waals surface area contributed by atoms with Gasteiger partial charge in [-0.15, -0.1) is 0 Å². The van der Waals surface area contributed by atoms with E-state index in [2.05, 4.69) is 11.1 Å². The number of nitrogens with zero attached hydrogens (tertiary/aromatic N) is 3. The molecule has 2 heterocycles. The summed E-state index contributed by atoms with van der Waals surface area (Å²) >= 11 is 0. The number of aromatic nitrogens is 2. The molecule has 1 aromatic carbocycles. The van der Waals surface area contributed by atoms with E-state index in [-0.39, 0.29) is 5.03 Å². The summed E-state index contributed by atoms with van der Waals surface area (Å²) in [6.45, 7) is 2.75. The third-order valence-electron chi connectivity index (χ3n) is 3.88. The van der Waals surface area contributed by atoms with E-state index in [1.54, 1.807) is 18.5 Å². The van der Waals surface area contributed by atoms with Gasteiger partial charge in [0.05, 0.1) is 6.20 Å². The molecule has 0 radical (unpaired) electrons. The van der Waals surface area contributed by atoms with Crippen molar-refractivity contribution in [1.29, 1.82) is 0 Å². The molecule has 0 fully saturated rings. The van der Waals surface area contributed by atoms with E-state index < -0.39 is 10.0 Å². The molecule has 5 nitrogen and oxygen atoms in total.